The highest BCUT2D eigenvalue weighted by atomic mass is 32.2. The Morgan fingerprint density at radius 1 is 1.22 bits per heavy atom. The SMILES string of the molecule is CC1(C)C/C(=C\C(=O)Nc2cccc3c2CNS(=O)(=O)N3)c2ccc(C(F)(F)F)cc2O1. The summed E-state index contributed by atoms with van der Waals surface area (Å²) in [6.45, 7) is 3.46. The summed E-state index contributed by atoms with van der Waals surface area (Å²) >= 11 is 0. The molecule has 3 N–H and O–H groups in total. The van der Waals surface area contributed by atoms with Gasteiger partial charge in [0.15, 0.2) is 0 Å². The first-order chi connectivity index (χ1) is 14.8. The minimum absolute atomic E-state index is 0.00160. The lowest BCUT2D eigenvalue weighted by Gasteiger charge is -2.34. The Morgan fingerprint density at radius 2 is 1.97 bits per heavy atom. The molecule has 2 heterocycles. The van der Waals surface area contributed by atoms with Crippen LogP contribution in [0.4, 0.5) is 24.5 Å². The van der Waals surface area contributed by atoms with E-state index in [4.69, 9.17) is 4.74 Å². The molecule has 0 saturated carbocycles. The molecule has 0 radical (unpaired) electrons. The van der Waals surface area contributed by atoms with E-state index in [9.17, 15) is 26.4 Å². The quantitative estimate of drug-likeness (QED) is 0.581. The van der Waals surface area contributed by atoms with Gasteiger partial charge in [0, 0.05) is 35.9 Å². The van der Waals surface area contributed by atoms with Crippen LogP contribution in [0.3, 0.4) is 0 Å². The number of nitrogens with one attached hydrogen (secondary N) is 3. The van der Waals surface area contributed by atoms with Crippen molar-refractivity contribution in [3.8, 4) is 5.75 Å². The molecule has 1 amide bonds. The molecule has 32 heavy (non-hydrogen) atoms. The van der Waals surface area contributed by atoms with E-state index in [0.717, 1.165) is 12.1 Å². The summed E-state index contributed by atoms with van der Waals surface area (Å²) < 4.78 is 73.1. The Bertz CT molecular complexity index is 1240. The first kappa shape index (κ1) is 22.2. The van der Waals surface area contributed by atoms with E-state index in [1.165, 1.54) is 12.1 Å². The van der Waals surface area contributed by atoms with Gasteiger partial charge in [0.05, 0.1) is 11.3 Å². The first-order valence-corrected chi connectivity index (χ1v) is 11.1. The molecular formula is C21H20F3N3O4S. The van der Waals surface area contributed by atoms with Crippen molar-refractivity contribution in [1.29, 1.82) is 0 Å². The summed E-state index contributed by atoms with van der Waals surface area (Å²) in [6.07, 6.45) is -2.87. The number of anilines is 2. The normalized spacial score (nSPS) is 19.8. The average Bonchev–Trinajstić information content (AvgIpc) is 2.65. The number of carbonyl (C=O) groups is 1. The van der Waals surface area contributed by atoms with E-state index in [0.29, 0.717) is 34.5 Å². The van der Waals surface area contributed by atoms with Crippen molar-refractivity contribution in [1.82, 2.24) is 4.72 Å². The first-order valence-electron chi connectivity index (χ1n) is 9.64. The van der Waals surface area contributed by atoms with Crippen LogP contribution < -0.4 is 19.5 Å². The van der Waals surface area contributed by atoms with Gasteiger partial charge in [-0.3, -0.25) is 9.52 Å². The topological polar surface area (TPSA) is 96.5 Å². The molecule has 0 spiro atoms. The Balaban J connectivity index is 1.65. The van der Waals surface area contributed by atoms with Crippen LogP contribution in [0.2, 0.25) is 0 Å². The molecule has 0 saturated heterocycles. The van der Waals surface area contributed by atoms with Crippen LogP contribution in [0.15, 0.2) is 42.5 Å². The zero-order chi connectivity index (χ0) is 23.3. The molecule has 7 nitrogen and oxygen atoms in total. The van der Waals surface area contributed by atoms with Crippen LogP contribution >= 0.6 is 0 Å². The van der Waals surface area contributed by atoms with E-state index in [1.54, 1.807) is 32.0 Å². The Kier molecular flexibility index (Phi) is 5.21. The van der Waals surface area contributed by atoms with Crippen LogP contribution in [0, 0.1) is 0 Å². The number of carbonyl (C=O) groups excluding carboxylic acids is 1. The number of amides is 1. The molecule has 170 valence electrons. The second-order valence-corrected chi connectivity index (χ2v) is 9.66. The van der Waals surface area contributed by atoms with Gasteiger partial charge >= 0.3 is 6.18 Å². The van der Waals surface area contributed by atoms with E-state index in [1.807, 2.05) is 0 Å². The number of halogens is 3. The van der Waals surface area contributed by atoms with E-state index >= 15 is 0 Å². The largest absolute Gasteiger partial charge is 0.487 e. The lowest BCUT2D eigenvalue weighted by molar-refractivity contribution is -0.137. The lowest BCUT2D eigenvalue weighted by Crippen LogP contribution is -2.35. The highest BCUT2D eigenvalue weighted by Crippen LogP contribution is 2.43. The second-order valence-electron chi connectivity index (χ2n) is 8.16. The summed E-state index contributed by atoms with van der Waals surface area (Å²) in [7, 11) is -3.64. The standard InChI is InChI=1S/C21H20F3N3O4S/c1-20(2)10-12(14-7-6-13(21(22,23)24)9-18(14)31-20)8-19(28)26-16-4-3-5-17-15(16)11-25-32(29,30)27-17/h3-9,25,27H,10-11H2,1-2H3,(H,26,28)/b12-8+. The van der Waals surface area contributed by atoms with Crippen LogP contribution in [0.5, 0.6) is 5.75 Å². The van der Waals surface area contributed by atoms with Crippen molar-refractivity contribution < 1.29 is 31.1 Å². The van der Waals surface area contributed by atoms with Crippen molar-refractivity contribution in [3.05, 3.63) is 59.2 Å². The van der Waals surface area contributed by atoms with Crippen molar-refractivity contribution in [2.75, 3.05) is 10.0 Å². The third-order valence-corrected chi connectivity index (χ3v) is 6.09. The summed E-state index contributed by atoms with van der Waals surface area (Å²) in [5.74, 6) is -0.434. The molecule has 0 atom stereocenters. The zero-order valence-electron chi connectivity index (χ0n) is 17.1. The van der Waals surface area contributed by atoms with Gasteiger partial charge in [-0.15, -0.1) is 0 Å². The highest BCUT2D eigenvalue weighted by Gasteiger charge is 2.35. The Morgan fingerprint density at radius 3 is 2.69 bits per heavy atom. The fourth-order valence-corrected chi connectivity index (χ4v) is 4.62. The van der Waals surface area contributed by atoms with Crippen molar-refractivity contribution in [2.45, 2.75) is 38.6 Å². The number of rotatable bonds is 2. The van der Waals surface area contributed by atoms with Gasteiger partial charge in [-0.1, -0.05) is 12.1 Å². The third kappa shape index (κ3) is 4.58. The van der Waals surface area contributed by atoms with Gasteiger partial charge in [-0.05, 0) is 43.7 Å². The minimum atomic E-state index is -4.51. The fourth-order valence-electron chi connectivity index (χ4n) is 3.73. The maximum absolute atomic E-state index is 13.1. The lowest BCUT2D eigenvalue weighted by atomic mass is 9.88. The van der Waals surface area contributed by atoms with E-state index in [-0.39, 0.29) is 12.3 Å². The molecule has 11 heteroatoms. The molecule has 2 aromatic carbocycles. The molecule has 0 unspecified atom stereocenters. The van der Waals surface area contributed by atoms with Gasteiger partial charge in [0.1, 0.15) is 11.4 Å². The van der Waals surface area contributed by atoms with Crippen molar-refractivity contribution in [2.24, 2.45) is 0 Å². The van der Waals surface area contributed by atoms with Crippen molar-refractivity contribution in [3.63, 3.8) is 0 Å². The van der Waals surface area contributed by atoms with Gasteiger partial charge in [0.2, 0.25) is 5.91 Å². The number of hydrogen-bond donors (Lipinski definition) is 3. The monoisotopic (exact) mass is 467 g/mol. The van der Waals surface area contributed by atoms with Gasteiger partial charge in [0.25, 0.3) is 10.2 Å². The summed E-state index contributed by atoms with van der Waals surface area (Å²) in [6, 6.07) is 8.01. The predicted octanol–water partition coefficient (Wildman–Crippen LogP) is 4.05. The zero-order valence-corrected chi connectivity index (χ0v) is 17.9. The molecule has 2 aliphatic rings. The third-order valence-electron chi connectivity index (χ3n) is 5.08. The molecule has 0 aliphatic carbocycles. The average molecular weight is 467 g/mol. The summed E-state index contributed by atoms with van der Waals surface area (Å²) in [5.41, 5.74) is 0.644. The number of alkyl halides is 3. The smallest absolute Gasteiger partial charge is 0.416 e. The summed E-state index contributed by atoms with van der Waals surface area (Å²) in [4.78, 5) is 12.8. The number of benzene rings is 2. The molecule has 2 aromatic rings. The Hall–Kier alpha value is -3.05. The number of fused-ring (bicyclic) bond motifs is 2. The molecule has 0 bridgehead atoms. The van der Waals surface area contributed by atoms with E-state index < -0.39 is 33.5 Å². The molecular weight excluding hydrogens is 447 g/mol. The second kappa shape index (κ2) is 7.52. The van der Waals surface area contributed by atoms with Crippen molar-refractivity contribution >= 4 is 33.1 Å². The minimum Gasteiger partial charge on any atom is -0.487 e. The van der Waals surface area contributed by atoms with Gasteiger partial charge in [-0.25, -0.2) is 0 Å². The molecule has 2 aliphatic heterocycles. The number of hydrogen-bond acceptors (Lipinski definition) is 4. The van der Waals surface area contributed by atoms with Crippen LogP contribution in [-0.4, -0.2) is 19.9 Å². The maximum Gasteiger partial charge on any atom is 0.416 e. The molecule has 0 aromatic heterocycles. The van der Waals surface area contributed by atoms with E-state index in [2.05, 4.69) is 14.8 Å². The maximum atomic E-state index is 13.1. The van der Waals surface area contributed by atoms with Gasteiger partial charge in [-0.2, -0.15) is 26.3 Å². The fraction of sp³-hybridized carbons (Fsp3) is 0.286. The predicted molar refractivity (Wildman–Crippen MR) is 113 cm³/mol. The highest BCUT2D eigenvalue weighted by molar-refractivity contribution is 7.90. The Labute approximate surface area is 182 Å². The van der Waals surface area contributed by atoms with Crippen LogP contribution in [-0.2, 0) is 27.7 Å². The molecule has 0 fully saturated rings. The molecule has 4 rings (SSSR count). The van der Waals surface area contributed by atoms with Crippen LogP contribution in [0.25, 0.3) is 5.57 Å². The van der Waals surface area contributed by atoms with Crippen LogP contribution in [0.1, 0.15) is 37.0 Å². The number of ether oxygens (including phenoxy) is 1. The van der Waals surface area contributed by atoms with Gasteiger partial charge < -0.3 is 10.1 Å². The summed E-state index contributed by atoms with van der Waals surface area (Å²) in [5, 5.41) is 2.73.